The number of nitrogens with two attached hydrogens (primary N) is 1. The van der Waals surface area contributed by atoms with Crippen molar-refractivity contribution in [1.29, 1.82) is 5.26 Å². The highest BCUT2D eigenvalue weighted by Gasteiger charge is 2.06. The first kappa shape index (κ1) is 14.0. The fraction of sp³-hybridized carbons (Fsp3) is 0.0667. The average Bonchev–Trinajstić information content (AvgIpc) is 2.48. The highest BCUT2D eigenvalue weighted by Crippen LogP contribution is 2.21. The van der Waals surface area contributed by atoms with Crippen LogP contribution in [0.25, 0.3) is 0 Å². The Morgan fingerprint density at radius 3 is 2.65 bits per heavy atom. The van der Waals surface area contributed by atoms with E-state index in [0.29, 0.717) is 22.7 Å². The molecule has 0 aliphatic carbocycles. The molecule has 3 N–H and O–H groups in total. The molecule has 0 radical (unpaired) electrons. The first-order chi connectivity index (χ1) is 9.69. The summed E-state index contributed by atoms with van der Waals surface area (Å²) in [5.74, 6) is 0.180. The number of amides is 1. The summed E-state index contributed by atoms with van der Waals surface area (Å²) in [4.78, 5) is 12.9. The number of thioether (sulfide) groups is 1. The number of nitriles is 1. The molecule has 0 fully saturated rings. The van der Waals surface area contributed by atoms with Crippen molar-refractivity contribution < 1.29 is 4.79 Å². The zero-order valence-electron chi connectivity index (χ0n) is 10.7. The number of anilines is 2. The Labute approximate surface area is 121 Å². The van der Waals surface area contributed by atoms with Gasteiger partial charge in [0.15, 0.2) is 0 Å². The number of carbonyl (C=O) groups is 1. The molecule has 2 rings (SSSR count). The Bertz CT molecular complexity index is 650. The Kier molecular flexibility index (Phi) is 4.64. The topological polar surface area (TPSA) is 78.9 Å². The Morgan fingerprint density at radius 1 is 1.25 bits per heavy atom. The van der Waals surface area contributed by atoms with Crippen molar-refractivity contribution in [2.45, 2.75) is 4.90 Å². The fourth-order valence-electron chi connectivity index (χ4n) is 1.60. The van der Waals surface area contributed by atoms with Gasteiger partial charge in [0.2, 0.25) is 5.91 Å². The van der Waals surface area contributed by atoms with Gasteiger partial charge in [0, 0.05) is 4.90 Å². The average molecular weight is 283 g/mol. The standard InChI is InChI=1S/C15H13N3OS/c16-9-11-6-7-14(13(17)8-11)18-15(19)10-20-12-4-2-1-3-5-12/h1-8H,10,17H2,(H,18,19). The summed E-state index contributed by atoms with van der Waals surface area (Å²) in [6.07, 6.45) is 0. The van der Waals surface area contributed by atoms with Crippen LogP contribution in [0.15, 0.2) is 53.4 Å². The third-order valence-corrected chi connectivity index (χ3v) is 3.58. The van der Waals surface area contributed by atoms with Crippen molar-refractivity contribution in [1.82, 2.24) is 0 Å². The summed E-state index contributed by atoms with van der Waals surface area (Å²) in [7, 11) is 0. The Morgan fingerprint density at radius 2 is 2.00 bits per heavy atom. The van der Waals surface area contributed by atoms with Gasteiger partial charge in [0.05, 0.1) is 28.8 Å². The van der Waals surface area contributed by atoms with Gasteiger partial charge in [-0.25, -0.2) is 0 Å². The summed E-state index contributed by atoms with van der Waals surface area (Å²) in [5.41, 5.74) is 7.17. The van der Waals surface area contributed by atoms with Gasteiger partial charge in [0.25, 0.3) is 0 Å². The zero-order chi connectivity index (χ0) is 14.4. The van der Waals surface area contributed by atoms with Crippen molar-refractivity contribution in [3.05, 3.63) is 54.1 Å². The van der Waals surface area contributed by atoms with Crippen LogP contribution >= 0.6 is 11.8 Å². The van der Waals surface area contributed by atoms with Crippen LogP contribution in [0.5, 0.6) is 0 Å². The minimum Gasteiger partial charge on any atom is -0.397 e. The van der Waals surface area contributed by atoms with Crippen LogP contribution < -0.4 is 11.1 Å². The van der Waals surface area contributed by atoms with Crippen molar-refractivity contribution in [2.75, 3.05) is 16.8 Å². The molecule has 0 saturated carbocycles. The number of carbonyl (C=O) groups excluding carboxylic acids is 1. The lowest BCUT2D eigenvalue weighted by molar-refractivity contribution is -0.113. The second-order valence-corrected chi connectivity index (χ2v) is 5.11. The largest absolute Gasteiger partial charge is 0.397 e. The van der Waals surface area contributed by atoms with E-state index in [9.17, 15) is 4.79 Å². The normalized spacial score (nSPS) is 9.75. The summed E-state index contributed by atoms with van der Waals surface area (Å²) < 4.78 is 0. The van der Waals surface area contributed by atoms with Crippen LogP contribution in [0.3, 0.4) is 0 Å². The van der Waals surface area contributed by atoms with E-state index in [4.69, 9.17) is 11.0 Å². The van der Waals surface area contributed by atoms with E-state index in [0.717, 1.165) is 4.90 Å². The summed E-state index contributed by atoms with van der Waals surface area (Å²) in [6.45, 7) is 0. The molecule has 0 aliphatic heterocycles. The molecule has 5 heteroatoms. The summed E-state index contributed by atoms with van der Waals surface area (Å²) in [5, 5.41) is 11.5. The molecule has 2 aromatic carbocycles. The minimum atomic E-state index is -0.129. The van der Waals surface area contributed by atoms with Gasteiger partial charge in [-0.15, -0.1) is 11.8 Å². The zero-order valence-corrected chi connectivity index (χ0v) is 11.5. The predicted octanol–water partition coefficient (Wildman–Crippen LogP) is 2.87. The monoisotopic (exact) mass is 283 g/mol. The molecule has 2 aromatic rings. The third kappa shape index (κ3) is 3.77. The molecule has 0 bridgehead atoms. The molecular formula is C15H13N3OS. The summed E-state index contributed by atoms with van der Waals surface area (Å²) in [6, 6.07) is 16.5. The second-order valence-electron chi connectivity index (χ2n) is 4.06. The maximum absolute atomic E-state index is 11.8. The van der Waals surface area contributed by atoms with E-state index in [1.807, 2.05) is 36.4 Å². The van der Waals surface area contributed by atoms with E-state index in [1.54, 1.807) is 18.2 Å². The van der Waals surface area contributed by atoms with Gasteiger partial charge in [-0.3, -0.25) is 4.79 Å². The van der Waals surface area contributed by atoms with Gasteiger partial charge < -0.3 is 11.1 Å². The number of hydrogen-bond acceptors (Lipinski definition) is 4. The second kappa shape index (κ2) is 6.64. The van der Waals surface area contributed by atoms with E-state index >= 15 is 0 Å². The van der Waals surface area contributed by atoms with E-state index in [2.05, 4.69) is 5.32 Å². The van der Waals surface area contributed by atoms with Gasteiger partial charge in [-0.05, 0) is 30.3 Å². The van der Waals surface area contributed by atoms with Crippen molar-refractivity contribution in [3.8, 4) is 6.07 Å². The van der Waals surface area contributed by atoms with Crippen molar-refractivity contribution in [3.63, 3.8) is 0 Å². The third-order valence-electron chi connectivity index (χ3n) is 2.57. The molecule has 0 spiro atoms. The van der Waals surface area contributed by atoms with Gasteiger partial charge >= 0.3 is 0 Å². The molecule has 4 nitrogen and oxygen atoms in total. The Balaban J connectivity index is 1.93. The number of benzene rings is 2. The lowest BCUT2D eigenvalue weighted by Gasteiger charge is -2.08. The molecule has 0 saturated heterocycles. The molecule has 0 aliphatic rings. The number of nitrogens with zero attached hydrogens (tertiary/aromatic N) is 1. The molecule has 20 heavy (non-hydrogen) atoms. The van der Waals surface area contributed by atoms with Crippen LogP contribution in [-0.4, -0.2) is 11.7 Å². The molecule has 0 unspecified atom stereocenters. The molecule has 1 amide bonds. The van der Waals surface area contributed by atoms with E-state index < -0.39 is 0 Å². The number of hydrogen-bond donors (Lipinski definition) is 2. The number of nitrogens with one attached hydrogen (secondary N) is 1. The van der Waals surface area contributed by atoms with Crippen LogP contribution in [0.2, 0.25) is 0 Å². The SMILES string of the molecule is N#Cc1ccc(NC(=O)CSc2ccccc2)c(N)c1. The van der Waals surface area contributed by atoms with Crippen LogP contribution in [0, 0.1) is 11.3 Å². The Hall–Kier alpha value is -2.45. The lowest BCUT2D eigenvalue weighted by Crippen LogP contribution is -2.15. The van der Waals surface area contributed by atoms with Gasteiger partial charge in [0.1, 0.15) is 0 Å². The number of rotatable bonds is 4. The maximum Gasteiger partial charge on any atom is 0.234 e. The first-order valence-electron chi connectivity index (χ1n) is 5.96. The molecular weight excluding hydrogens is 270 g/mol. The van der Waals surface area contributed by atoms with Crippen LogP contribution in [0.1, 0.15) is 5.56 Å². The molecule has 0 heterocycles. The first-order valence-corrected chi connectivity index (χ1v) is 6.95. The molecule has 100 valence electrons. The predicted molar refractivity (Wildman–Crippen MR) is 81.4 cm³/mol. The van der Waals surface area contributed by atoms with Gasteiger partial charge in [-0.2, -0.15) is 5.26 Å². The smallest absolute Gasteiger partial charge is 0.234 e. The van der Waals surface area contributed by atoms with Crippen molar-refractivity contribution in [2.24, 2.45) is 0 Å². The highest BCUT2D eigenvalue weighted by molar-refractivity contribution is 8.00. The van der Waals surface area contributed by atoms with Crippen LogP contribution in [0.4, 0.5) is 11.4 Å². The van der Waals surface area contributed by atoms with Gasteiger partial charge in [-0.1, -0.05) is 18.2 Å². The maximum atomic E-state index is 11.8. The van der Waals surface area contributed by atoms with E-state index in [-0.39, 0.29) is 5.91 Å². The fourth-order valence-corrected chi connectivity index (χ4v) is 2.32. The lowest BCUT2D eigenvalue weighted by atomic mass is 10.2. The quantitative estimate of drug-likeness (QED) is 0.668. The van der Waals surface area contributed by atoms with Crippen LogP contribution in [-0.2, 0) is 4.79 Å². The molecule has 0 atom stereocenters. The molecule has 0 aromatic heterocycles. The van der Waals surface area contributed by atoms with E-state index in [1.165, 1.54) is 11.8 Å². The number of nitrogen functional groups attached to an aromatic ring is 1. The highest BCUT2D eigenvalue weighted by atomic mass is 32.2. The van der Waals surface area contributed by atoms with Crippen molar-refractivity contribution >= 4 is 29.0 Å². The summed E-state index contributed by atoms with van der Waals surface area (Å²) >= 11 is 1.46. The minimum absolute atomic E-state index is 0.129.